The number of methoxy groups -OCH3 is 1. The Labute approximate surface area is 130 Å². The first kappa shape index (κ1) is 14.7. The van der Waals surface area contributed by atoms with Gasteiger partial charge in [-0.1, -0.05) is 15.9 Å². The molecule has 0 bridgehead atoms. The van der Waals surface area contributed by atoms with Crippen LogP contribution in [0.25, 0.3) is 0 Å². The van der Waals surface area contributed by atoms with Crippen LogP contribution in [-0.4, -0.2) is 24.7 Å². The molecule has 0 atom stereocenters. The van der Waals surface area contributed by atoms with Crippen LogP contribution in [0, 0.1) is 0 Å². The minimum absolute atomic E-state index is 0.497. The molecule has 0 spiro atoms. The molecule has 2 nitrogen and oxygen atoms in total. The molecule has 0 unspecified atom stereocenters. The topological polar surface area (TPSA) is 21.3 Å². The molecule has 1 N–H and O–H groups in total. The zero-order valence-corrected chi connectivity index (χ0v) is 14.5. The van der Waals surface area contributed by atoms with Gasteiger partial charge in [0.2, 0.25) is 0 Å². The number of rotatable bonds is 6. The summed E-state index contributed by atoms with van der Waals surface area (Å²) >= 11 is 9.02. The van der Waals surface area contributed by atoms with Gasteiger partial charge in [-0.2, -0.15) is 11.8 Å². The molecular formula is C13H17Br2NOS. The number of hydrogen-bond acceptors (Lipinski definition) is 3. The van der Waals surface area contributed by atoms with E-state index in [1.165, 1.54) is 18.4 Å². The molecule has 0 aromatic heterocycles. The Morgan fingerprint density at radius 3 is 2.67 bits per heavy atom. The number of nitrogens with one attached hydrogen (secondary N) is 1. The molecule has 0 amide bonds. The van der Waals surface area contributed by atoms with Gasteiger partial charge in [-0.25, -0.2) is 0 Å². The summed E-state index contributed by atoms with van der Waals surface area (Å²) in [4.78, 5) is 0. The number of thioether (sulfide) groups is 1. The molecule has 1 aromatic rings. The lowest BCUT2D eigenvalue weighted by Gasteiger charge is -2.15. The number of benzene rings is 1. The predicted molar refractivity (Wildman–Crippen MR) is 85.6 cm³/mol. The van der Waals surface area contributed by atoms with Crippen molar-refractivity contribution in [3.63, 3.8) is 0 Å². The first-order chi connectivity index (χ1) is 8.60. The van der Waals surface area contributed by atoms with E-state index in [1.807, 2.05) is 17.8 Å². The maximum atomic E-state index is 5.44. The van der Waals surface area contributed by atoms with Crippen molar-refractivity contribution in [1.29, 1.82) is 0 Å². The van der Waals surface area contributed by atoms with Crippen molar-refractivity contribution < 1.29 is 4.74 Å². The highest BCUT2D eigenvalue weighted by Crippen LogP contribution is 2.46. The van der Waals surface area contributed by atoms with Crippen molar-refractivity contribution in [2.24, 2.45) is 0 Å². The third-order valence-corrected chi connectivity index (χ3v) is 5.76. The quantitative estimate of drug-likeness (QED) is 0.780. The van der Waals surface area contributed by atoms with Gasteiger partial charge < -0.3 is 10.1 Å². The summed E-state index contributed by atoms with van der Waals surface area (Å²) in [5.41, 5.74) is 1.18. The van der Waals surface area contributed by atoms with Crippen molar-refractivity contribution in [2.75, 3.05) is 19.9 Å². The van der Waals surface area contributed by atoms with E-state index in [4.69, 9.17) is 4.74 Å². The van der Waals surface area contributed by atoms with Crippen LogP contribution in [0.3, 0.4) is 0 Å². The Morgan fingerprint density at radius 1 is 1.39 bits per heavy atom. The van der Waals surface area contributed by atoms with Gasteiger partial charge >= 0.3 is 0 Å². The van der Waals surface area contributed by atoms with E-state index >= 15 is 0 Å². The van der Waals surface area contributed by atoms with E-state index in [1.54, 1.807) is 7.11 Å². The average molecular weight is 395 g/mol. The number of halogens is 2. The van der Waals surface area contributed by atoms with E-state index in [0.717, 1.165) is 27.8 Å². The fraction of sp³-hybridized carbons (Fsp3) is 0.538. The molecule has 0 aliphatic heterocycles. The second-order valence-corrected chi connectivity index (χ2v) is 7.61. The van der Waals surface area contributed by atoms with Crippen LogP contribution >= 0.6 is 43.6 Å². The van der Waals surface area contributed by atoms with Crippen LogP contribution in [0.15, 0.2) is 21.1 Å². The van der Waals surface area contributed by atoms with Crippen molar-refractivity contribution in [1.82, 2.24) is 5.32 Å². The molecule has 5 heteroatoms. The molecule has 1 aromatic carbocycles. The number of hydrogen-bond donors (Lipinski definition) is 1. The van der Waals surface area contributed by atoms with Gasteiger partial charge in [0.1, 0.15) is 5.75 Å². The molecule has 1 aliphatic rings. The van der Waals surface area contributed by atoms with Crippen LogP contribution in [0.2, 0.25) is 0 Å². The van der Waals surface area contributed by atoms with Gasteiger partial charge in [0.05, 0.1) is 11.6 Å². The smallest absolute Gasteiger partial charge is 0.137 e. The summed E-state index contributed by atoms with van der Waals surface area (Å²) < 4.78 is 8.00. The van der Waals surface area contributed by atoms with Gasteiger partial charge in [-0.05, 0) is 47.2 Å². The van der Waals surface area contributed by atoms with Crippen LogP contribution in [0.5, 0.6) is 5.75 Å². The minimum Gasteiger partial charge on any atom is -0.495 e. The lowest BCUT2D eigenvalue weighted by molar-refractivity contribution is 0.405. The second kappa shape index (κ2) is 6.16. The van der Waals surface area contributed by atoms with Crippen LogP contribution in [0.4, 0.5) is 0 Å². The highest BCUT2D eigenvalue weighted by molar-refractivity contribution is 9.11. The van der Waals surface area contributed by atoms with E-state index in [9.17, 15) is 0 Å². The molecule has 0 radical (unpaired) electrons. The first-order valence-electron chi connectivity index (χ1n) is 5.88. The van der Waals surface area contributed by atoms with Crippen molar-refractivity contribution >= 4 is 43.6 Å². The van der Waals surface area contributed by atoms with Gasteiger partial charge in [-0.3, -0.25) is 0 Å². The monoisotopic (exact) mass is 393 g/mol. The second-order valence-electron chi connectivity index (χ2n) is 4.57. The Bertz CT molecular complexity index is 435. The molecule has 18 heavy (non-hydrogen) atoms. The molecule has 2 rings (SSSR count). The molecule has 0 heterocycles. The van der Waals surface area contributed by atoms with Gasteiger partial charge in [0, 0.05) is 27.9 Å². The molecule has 1 aliphatic carbocycles. The standard InChI is InChI=1S/C13H17Br2NOS/c1-17-12-9(5-10(14)6-11(12)15)7-16-8-13(18-2)3-4-13/h5-6,16H,3-4,7-8H2,1-2H3. The van der Waals surface area contributed by atoms with Gasteiger partial charge in [-0.15, -0.1) is 0 Å². The first-order valence-corrected chi connectivity index (χ1v) is 8.69. The zero-order chi connectivity index (χ0) is 13.2. The average Bonchev–Trinajstić information content (AvgIpc) is 3.09. The third kappa shape index (κ3) is 3.44. The Balaban J connectivity index is 2.00. The SMILES string of the molecule is COc1c(Br)cc(Br)cc1CNCC1(SC)CC1. The summed E-state index contributed by atoms with van der Waals surface area (Å²) in [7, 11) is 1.71. The highest BCUT2D eigenvalue weighted by atomic mass is 79.9. The van der Waals surface area contributed by atoms with E-state index in [2.05, 4.69) is 49.5 Å². The van der Waals surface area contributed by atoms with Crippen LogP contribution in [-0.2, 0) is 6.54 Å². The largest absolute Gasteiger partial charge is 0.495 e. The molecule has 0 saturated heterocycles. The van der Waals surface area contributed by atoms with Crippen molar-refractivity contribution in [2.45, 2.75) is 24.1 Å². The van der Waals surface area contributed by atoms with Crippen molar-refractivity contribution in [3.8, 4) is 5.75 Å². The third-order valence-electron chi connectivity index (χ3n) is 3.29. The molecule has 100 valence electrons. The van der Waals surface area contributed by atoms with E-state index in [-0.39, 0.29) is 0 Å². The minimum atomic E-state index is 0.497. The summed E-state index contributed by atoms with van der Waals surface area (Å²) in [6, 6.07) is 4.11. The fourth-order valence-electron chi connectivity index (χ4n) is 1.99. The summed E-state index contributed by atoms with van der Waals surface area (Å²) in [6.07, 6.45) is 4.87. The fourth-order valence-corrected chi connectivity index (χ4v) is 4.22. The summed E-state index contributed by atoms with van der Waals surface area (Å²) in [5.74, 6) is 0.916. The zero-order valence-electron chi connectivity index (χ0n) is 10.6. The Morgan fingerprint density at radius 2 is 2.11 bits per heavy atom. The molecule has 1 saturated carbocycles. The van der Waals surface area contributed by atoms with Gasteiger partial charge in [0.25, 0.3) is 0 Å². The maximum absolute atomic E-state index is 5.44. The van der Waals surface area contributed by atoms with E-state index in [0.29, 0.717) is 4.75 Å². The lowest BCUT2D eigenvalue weighted by Crippen LogP contribution is -2.25. The van der Waals surface area contributed by atoms with Crippen LogP contribution < -0.4 is 10.1 Å². The molecular weight excluding hydrogens is 378 g/mol. The Hall–Kier alpha value is 0.290. The summed E-state index contributed by atoms with van der Waals surface area (Å²) in [5, 5.41) is 3.54. The number of ether oxygens (including phenoxy) is 1. The van der Waals surface area contributed by atoms with Crippen molar-refractivity contribution in [3.05, 3.63) is 26.6 Å². The summed E-state index contributed by atoms with van der Waals surface area (Å²) in [6.45, 7) is 1.91. The maximum Gasteiger partial charge on any atom is 0.137 e. The van der Waals surface area contributed by atoms with Gasteiger partial charge in [0.15, 0.2) is 0 Å². The molecule has 1 fully saturated rings. The van der Waals surface area contributed by atoms with E-state index < -0.39 is 0 Å². The Kier molecular flexibility index (Phi) is 5.03. The lowest BCUT2D eigenvalue weighted by atomic mass is 10.2. The van der Waals surface area contributed by atoms with Crippen LogP contribution in [0.1, 0.15) is 18.4 Å². The highest BCUT2D eigenvalue weighted by Gasteiger charge is 2.41. The predicted octanol–water partition coefficient (Wildman–Crippen LogP) is 4.21. The normalized spacial score (nSPS) is 16.7.